The number of phenols is 1. The van der Waals surface area contributed by atoms with Gasteiger partial charge in [0.05, 0.1) is 10.6 Å². The lowest BCUT2D eigenvalue weighted by atomic mass is 10.1. The second kappa shape index (κ2) is 5.46. The van der Waals surface area contributed by atoms with Crippen LogP contribution in [0, 0.1) is 13.8 Å². The lowest BCUT2D eigenvalue weighted by Gasteiger charge is -2.12. The van der Waals surface area contributed by atoms with Crippen molar-refractivity contribution in [1.29, 1.82) is 0 Å². The Morgan fingerprint density at radius 3 is 2.45 bits per heavy atom. The quantitative estimate of drug-likeness (QED) is 0.827. The molecule has 0 radical (unpaired) electrons. The van der Waals surface area contributed by atoms with E-state index in [1.54, 1.807) is 32.0 Å². The molecule has 0 fully saturated rings. The fourth-order valence-corrected chi connectivity index (χ4v) is 3.47. The highest BCUT2D eigenvalue weighted by Crippen LogP contribution is 2.27. The third-order valence-electron chi connectivity index (χ3n) is 2.89. The van der Waals surface area contributed by atoms with Crippen LogP contribution in [0.3, 0.4) is 0 Å². The third-order valence-corrected chi connectivity index (χ3v) is 4.75. The Bertz CT molecular complexity index is 757. The summed E-state index contributed by atoms with van der Waals surface area (Å²) in [7, 11) is -3.65. The highest BCUT2D eigenvalue weighted by Gasteiger charge is 2.16. The molecule has 0 atom stereocenters. The largest absolute Gasteiger partial charge is 0.508 e. The molecule has 20 heavy (non-hydrogen) atoms. The van der Waals surface area contributed by atoms with Gasteiger partial charge < -0.3 is 5.11 Å². The van der Waals surface area contributed by atoms with E-state index in [0.29, 0.717) is 21.3 Å². The maximum absolute atomic E-state index is 12.3. The summed E-state index contributed by atoms with van der Waals surface area (Å²) in [6, 6.07) is 9.62. The van der Waals surface area contributed by atoms with Gasteiger partial charge in [0.1, 0.15) is 5.75 Å². The van der Waals surface area contributed by atoms with Crippen LogP contribution in [-0.4, -0.2) is 13.5 Å². The molecule has 0 saturated carbocycles. The molecule has 2 aromatic rings. The smallest absolute Gasteiger partial charge is 0.261 e. The molecule has 0 heterocycles. The third kappa shape index (κ3) is 3.13. The number of sulfonamides is 1. The van der Waals surface area contributed by atoms with Crippen LogP contribution >= 0.6 is 15.9 Å². The average molecular weight is 356 g/mol. The Kier molecular flexibility index (Phi) is 4.06. The Balaban J connectivity index is 2.41. The molecule has 0 aliphatic heterocycles. The van der Waals surface area contributed by atoms with Crippen molar-refractivity contribution in [2.45, 2.75) is 18.7 Å². The van der Waals surface area contributed by atoms with Crippen LogP contribution in [0.4, 0.5) is 5.69 Å². The van der Waals surface area contributed by atoms with Gasteiger partial charge in [0.15, 0.2) is 0 Å². The Hall–Kier alpha value is -1.53. The van der Waals surface area contributed by atoms with E-state index in [1.807, 2.05) is 0 Å². The number of phenolic OH excluding ortho intramolecular Hbond substituents is 1. The summed E-state index contributed by atoms with van der Waals surface area (Å²) in [5.74, 6) is 0.146. The van der Waals surface area contributed by atoms with E-state index in [1.165, 1.54) is 18.2 Å². The molecular formula is C14H14BrNO3S. The molecule has 2 aromatic carbocycles. The van der Waals surface area contributed by atoms with Crippen molar-refractivity contribution in [3.05, 3.63) is 52.0 Å². The molecule has 0 spiro atoms. The molecule has 0 saturated heterocycles. The van der Waals surface area contributed by atoms with Crippen LogP contribution in [0.5, 0.6) is 5.75 Å². The zero-order valence-electron chi connectivity index (χ0n) is 11.0. The minimum absolute atomic E-state index is 0.146. The van der Waals surface area contributed by atoms with Crippen molar-refractivity contribution < 1.29 is 13.5 Å². The molecule has 0 bridgehead atoms. The lowest BCUT2D eigenvalue weighted by Crippen LogP contribution is -2.13. The topological polar surface area (TPSA) is 66.4 Å². The van der Waals surface area contributed by atoms with Crippen molar-refractivity contribution >= 4 is 31.6 Å². The zero-order valence-corrected chi connectivity index (χ0v) is 13.4. The molecule has 2 rings (SSSR count). The maximum Gasteiger partial charge on any atom is 0.261 e. The SMILES string of the molecule is Cc1cc(NS(=O)(=O)c2cccc(Br)c2)c(C)cc1O. The van der Waals surface area contributed by atoms with Gasteiger partial charge in [-0.25, -0.2) is 8.42 Å². The van der Waals surface area contributed by atoms with Crippen molar-refractivity contribution in [3.8, 4) is 5.75 Å². The molecule has 2 N–H and O–H groups in total. The van der Waals surface area contributed by atoms with Crippen LogP contribution in [0.25, 0.3) is 0 Å². The molecule has 4 nitrogen and oxygen atoms in total. The highest BCUT2D eigenvalue weighted by molar-refractivity contribution is 9.10. The van der Waals surface area contributed by atoms with E-state index in [9.17, 15) is 13.5 Å². The Morgan fingerprint density at radius 2 is 1.80 bits per heavy atom. The van der Waals surface area contributed by atoms with Gasteiger partial charge in [-0.2, -0.15) is 0 Å². The van der Waals surface area contributed by atoms with Crippen LogP contribution in [0.2, 0.25) is 0 Å². The number of rotatable bonds is 3. The number of nitrogens with one attached hydrogen (secondary N) is 1. The second-order valence-electron chi connectivity index (χ2n) is 4.52. The summed E-state index contributed by atoms with van der Waals surface area (Å²) in [6.07, 6.45) is 0. The summed E-state index contributed by atoms with van der Waals surface area (Å²) in [5, 5.41) is 9.59. The minimum atomic E-state index is -3.65. The molecule has 106 valence electrons. The predicted molar refractivity (Wildman–Crippen MR) is 82.5 cm³/mol. The normalized spacial score (nSPS) is 11.3. The Labute approximate surface area is 126 Å². The van der Waals surface area contributed by atoms with Gasteiger partial charge in [-0.05, 0) is 55.3 Å². The number of hydrogen-bond acceptors (Lipinski definition) is 3. The van der Waals surface area contributed by atoms with Gasteiger partial charge in [0.2, 0.25) is 0 Å². The van der Waals surface area contributed by atoms with Gasteiger partial charge >= 0.3 is 0 Å². The summed E-state index contributed by atoms with van der Waals surface area (Å²) < 4.78 is 27.8. The fraction of sp³-hybridized carbons (Fsp3) is 0.143. The number of anilines is 1. The first-order valence-corrected chi connectivity index (χ1v) is 8.16. The average Bonchev–Trinajstić information content (AvgIpc) is 2.36. The maximum atomic E-state index is 12.3. The van der Waals surface area contributed by atoms with Gasteiger partial charge in [-0.3, -0.25) is 4.72 Å². The molecule has 0 aliphatic rings. The van der Waals surface area contributed by atoms with Gasteiger partial charge in [-0.15, -0.1) is 0 Å². The second-order valence-corrected chi connectivity index (χ2v) is 7.11. The Morgan fingerprint density at radius 1 is 1.10 bits per heavy atom. The predicted octanol–water partition coefficient (Wildman–Crippen LogP) is 3.57. The van der Waals surface area contributed by atoms with Crippen LogP contribution in [0.1, 0.15) is 11.1 Å². The first kappa shape index (κ1) is 14.9. The van der Waals surface area contributed by atoms with Crippen molar-refractivity contribution in [2.75, 3.05) is 4.72 Å². The standard InChI is InChI=1S/C14H14BrNO3S/c1-9-7-14(17)10(2)6-13(9)16-20(18,19)12-5-3-4-11(15)8-12/h3-8,16-17H,1-2H3. The lowest BCUT2D eigenvalue weighted by molar-refractivity contribution is 0.471. The van der Waals surface area contributed by atoms with Gasteiger partial charge in [-0.1, -0.05) is 22.0 Å². The molecule has 0 amide bonds. The van der Waals surface area contributed by atoms with Crippen molar-refractivity contribution in [2.24, 2.45) is 0 Å². The van der Waals surface area contributed by atoms with Crippen LogP contribution in [0.15, 0.2) is 45.8 Å². The number of halogens is 1. The van der Waals surface area contributed by atoms with Gasteiger partial charge in [0, 0.05) is 4.47 Å². The zero-order chi connectivity index (χ0) is 14.9. The van der Waals surface area contributed by atoms with Crippen molar-refractivity contribution in [1.82, 2.24) is 0 Å². The summed E-state index contributed by atoms with van der Waals surface area (Å²) in [5.41, 5.74) is 1.73. The van der Waals surface area contributed by atoms with E-state index in [4.69, 9.17) is 0 Å². The number of hydrogen-bond donors (Lipinski definition) is 2. The van der Waals surface area contributed by atoms with Crippen molar-refractivity contribution in [3.63, 3.8) is 0 Å². The highest BCUT2D eigenvalue weighted by atomic mass is 79.9. The fourth-order valence-electron chi connectivity index (χ4n) is 1.75. The first-order valence-electron chi connectivity index (χ1n) is 5.88. The van der Waals surface area contributed by atoms with E-state index in [2.05, 4.69) is 20.7 Å². The molecule has 0 aromatic heterocycles. The summed E-state index contributed by atoms with van der Waals surface area (Å²) in [6.45, 7) is 3.45. The van der Waals surface area contributed by atoms with Crippen LogP contribution < -0.4 is 4.72 Å². The number of aromatic hydroxyl groups is 1. The van der Waals surface area contributed by atoms with E-state index in [-0.39, 0.29) is 10.6 Å². The monoisotopic (exact) mass is 355 g/mol. The molecule has 0 aliphatic carbocycles. The number of benzene rings is 2. The van der Waals surface area contributed by atoms with Crippen LogP contribution in [-0.2, 0) is 10.0 Å². The van der Waals surface area contributed by atoms with E-state index >= 15 is 0 Å². The summed E-state index contributed by atoms with van der Waals surface area (Å²) >= 11 is 3.25. The van der Waals surface area contributed by atoms with E-state index in [0.717, 1.165) is 0 Å². The van der Waals surface area contributed by atoms with E-state index < -0.39 is 10.0 Å². The number of aryl methyl sites for hydroxylation is 2. The molecular weight excluding hydrogens is 342 g/mol. The minimum Gasteiger partial charge on any atom is -0.508 e. The molecule has 6 heteroatoms. The first-order chi connectivity index (χ1) is 9.29. The summed E-state index contributed by atoms with van der Waals surface area (Å²) in [4.78, 5) is 0.178. The molecule has 0 unspecified atom stereocenters. The van der Waals surface area contributed by atoms with Gasteiger partial charge in [0.25, 0.3) is 10.0 Å².